The maximum Gasteiger partial charge on any atom is 0.234 e. The number of thioether (sulfide) groups is 1. The van der Waals surface area contributed by atoms with Gasteiger partial charge in [0.05, 0.1) is 18.0 Å². The van der Waals surface area contributed by atoms with Crippen LogP contribution in [0.5, 0.6) is 0 Å². The fourth-order valence-electron chi connectivity index (χ4n) is 4.26. The molecule has 1 saturated heterocycles. The third-order valence-corrected chi connectivity index (χ3v) is 7.63. The smallest absolute Gasteiger partial charge is 0.234 e. The van der Waals surface area contributed by atoms with Gasteiger partial charge in [-0.25, -0.2) is 4.99 Å². The first-order valence-electron chi connectivity index (χ1n) is 11.1. The zero-order valence-corrected chi connectivity index (χ0v) is 20.9. The summed E-state index contributed by atoms with van der Waals surface area (Å²) < 4.78 is 1.03. The molecule has 0 saturated carbocycles. The number of nitrogens with zero attached hydrogens (tertiary/aromatic N) is 3. The average molecular weight is 524 g/mol. The molecule has 5 rings (SSSR count). The van der Waals surface area contributed by atoms with E-state index in [0.29, 0.717) is 12.3 Å². The van der Waals surface area contributed by atoms with Gasteiger partial charge in [0, 0.05) is 47.4 Å². The molecule has 0 aliphatic carbocycles. The van der Waals surface area contributed by atoms with Crippen molar-refractivity contribution in [1.29, 1.82) is 0 Å². The first kappa shape index (κ1) is 22.4. The van der Waals surface area contributed by atoms with E-state index in [0.717, 1.165) is 63.7 Å². The summed E-state index contributed by atoms with van der Waals surface area (Å²) in [5.74, 6) is 0.262. The Morgan fingerprint density at radius 2 is 1.91 bits per heavy atom. The minimum absolute atomic E-state index is 0.0328. The van der Waals surface area contributed by atoms with Crippen molar-refractivity contribution in [3.63, 3.8) is 0 Å². The lowest BCUT2D eigenvalue weighted by Gasteiger charge is -2.33. The maximum atomic E-state index is 12.8. The van der Waals surface area contributed by atoms with Crippen molar-refractivity contribution in [2.75, 3.05) is 37.8 Å². The summed E-state index contributed by atoms with van der Waals surface area (Å²) in [5.41, 5.74) is 4.59. The number of para-hydroxylation sites is 1. The van der Waals surface area contributed by atoms with Crippen molar-refractivity contribution in [2.24, 2.45) is 9.98 Å². The second kappa shape index (κ2) is 9.44. The number of likely N-dealkylation sites (tertiary alicyclic amines) is 1. The predicted octanol–water partition coefficient (Wildman–Crippen LogP) is 4.39. The number of aliphatic imine (C=N–C) groups is 2. The van der Waals surface area contributed by atoms with E-state index >= 15 is 0 Å². The minimum Gasteiger partial charge on any atom is -0.379 e. The number of nitrogens with one attached hydrogen (secondary N) is 2. The molecule has 8 heteroatoms. The summed E-state index contributed by atoms with van der Waals surface area (Å²) in [6.07, 6.45) is 3.83. The highest BCUT2D eigenvalue weighted by molar-refractivity contribution is 9.10. The Bertz CT molecular complexity index is 1150. The number of rotatable bonds is 4. The quantitative estimate of drug-likeness (QED) is 0.623. The van der Waals surface area contributed by atoms with Crippen molar-refractivity contribution in [3.8, 4) is 0 Å². The SMILES string of the molecule is CN1CCC2(CC1)N=C(SCC(=O)NC1=Cc3ccccc3NC1)C(c1ccc(Br)cc1)=N2. The first-order chi connectivity index (χ1) is 16.0. The van der Waals surface area contributed by atoms with Gasteiger partial charge in [0.25, 0.3) is 0 Å². The molecule has 2 aromatic carbocycles. The van der Waals surface area contributed by atoms with E-state index in [1.807, 2.05) is 42.5 Å². The molecule has 6 nitrogen and oxygen atoms in total. The third kappa shape index (κ3) is 5.08. The van der Waals surface area contributed by atoms with Crippen LogP contribution in [0.4, 0.5) is 5.69 Å². The summed E-state index contributed by atoms with van der Waals surface area (Å²) in [6.45, 7) is 2.56. The number of amides is 1. The van der Waals surface area contributed by atoms with Gasteiger partial charge < -0.3 is 15.5 Å². The summed E-state index contributed by atoms with van der Waals surface area (Å²) in [7, 11) is 2.14. The molecule has 2 aromatic rings. The lowest BCUT2D eigenvalue weighted by atomic mass is 9.99. The third-order valence-electron chi connectivity index (χ3n) is 6.14. The molecule has 0 unspecified atom stereocenters. The number of fused-ring (bicyclic) bond motifs is 1. The summed E-state index contributed by atoms with van der Waals surface area (Å²) in [5, 5.41) is 7.26. The Kier molecular flexibility index (Phi) is 6.40. The van der Waals surface area contributed by atoms with Crippen LogP contribution in [-0.2, 0) is 4.79 Å². The van der Waals surface area contributed by atoms with Crippen molar-refractivity contribution in [3.05, 3.63) is 69.8 Å². The Balaban J connectivity index is 1.30. The van der Waals surface area contributed by atoms with Crippen molar-refractivity contribution in [2.45, 2.75) is 18.5 Å². The molecular formula is C25H26BrN5OS. The molecule has 3 aliphatic rings. The average Bonchev–Trinajstić information content (AvgIpc) is 3.18. The van der Waals surface area contributed by atoms with E-state index < -0.39 is 5.66 Å². The van der Waals surface area contributed by atoms with Gasteiger partial charge in [0.2, 0.25) is 5.91 Å². The number of benzene rings is 2. The molecule has 3 heterocycles. The van der Waals surface area contributed by atoms with Crippen LogP contribution in [0.3, 0.4) is 0 Å². The lowest BCUT2D eigenvalue weighted by Crippen LogP contribution is -2.39. The number of hydrogen-bond donors (Lipinski definition) is 2. The van der Waals surface area contributed by atoms with Crippen LogP contribution < -0.4 is 10.6 Å². The Hall–Kier alpha value is -2.42. The van der Waals surface area contributed by atoms with Gasteiger partial charge >= 0.3 is 0 Å². The fraction of sp³-hybridized carbons (Fsp3) is 0.320. The van der Waals surface area contributed by atoms with Crippen LogP contribution in [0.25, 0.3) is 6.08 Å². The number of carbonyl (C=O) groups excluding carboxylic acids is 1. The van der Waals surface area contributed by atoms with E-state index in [-0.39, 0.29) is 5.91 Å². The largest absolute Gasteiger partial charge is 0.379 e. The van der Waals surface area contributed by atoms with Crippen LogP contribution in [0, 0.1) is 0 Å². The van der Waals surface area contributed by atoms with Gasteiger partial charge in [-0.3, -0.25) is 9.79 Å². The van der Waals surface area contributed by atoms with E-state index in [4.69, 9.17) is 9.98 Å². The minimum atomic E-state index is -0.396. The van der Waals surface area contributed by atoms with E-state index in [9.17, 15) is 4.79 Å². The van der Waals surface area contributed by atoms with Crippen LogP contribution in [0.2, 0.25) is 0 Å². The van der Waals surface area contributed by atoms with Gasteiger partial charge in [-0.1, -0.05) is 58.0 Å². The molecule has 1 spiro atoms. The normalized spacial score (nSPS) is 19.3. The molecule has 0 atom stereocenters. The van der Waals surface area contributed by atoms with Crippen molar-refractivity contribution < 1.29 is 4.79 Å². The summed E-state index contributed by atoms with van der Waals surface area (Å²) in [6, 6.07) is 16.2. The molecule has 3 aliphatic heterocycles. The number of hydrogen-bond acceptors (Lipinski definition) is 6. The highest BCUT2D eigenvalue weighted by atomic mass is 79.9. The highest BCUT2D eigenvalue weighted by Gasteiger charge is 2.39. The zero-order chi connectivity index (χ0) is 22.8. The van der Waals surface area contributed by atoms with E-state index in [1.54, 1.807) is 0 Å². The summed E-state index contributed by atoms with van der Waals surface area (Å²) in [4.78, 5) is 25.3. The molecule has 0 bridgehead atoms. The van der Waals surface area contributed by atoms with Crippen LogP contribution in [0.15, 0.2) is 68.7 Å². The predicted molar refractivity (Wildman–Crippen MR) is 141 cm³/mol. The molecule has 1 fully saturated rings. The van der Waals surface area contributed by atoms with Crippen LogP contribution >= 0.6 is 27.7 Å². The van der Waals surface area contributed by atoms with Gasteiger partial charge in [0.1, 0.15) is 5.04 Å². The lowest BCUT2D eigenvalue weighted by molar-refractivity contribution is -0.117. The van der Waals surface area contributed by atoms with E-state index in [1.165, 1.54) is 11.8 Å². The number of piperidine rings is 1. The molecule has 0 aromatic heterocycles. The van der Waals surface area contributed by atoms with E-state index in [2.05, 4.69) is 50.6 Å². The second-order valence-electron chi connectivity index (χ2n) is 8.62. The molecule has 1 amide bonds. The highest BCUT2D eigenvalue weighted by Crippen LogP contribution is 2.35. The van der Waals surface area contributed by atoms with Crippen LogP contribution in [0.1, 0.15) is 24.0 Å². The molecule has 33 heavy (non-hydrogen) atoms. The van der Waals surface area contributed by atoms with Gasteiger partial charge in [0.15, 0.2) is 5.66 Å². The maximum absolute atomic E-state index is 12.8. The first-order valence-corrected chi connectivity index (χ1v) is 12.9. The molecule has 0 radical (unpaired) electrons. The number of anilines is 1. The van der Waals surface area contributed by atoms with Gasteiger partial charge in [-0.2, -0.15) is 0 Å². The molecular weight excluding hydrogens is 498 g/mol. The second-order valence-corrected chi connectivity index (χ2v) is 10.5. The Morgan fingerprint density at radius 3 is 2.70 bits per heavy atom. The van der Waals surface area contributed by atoms with Gasteiger partial charge in [-0.15, -0.1) is 0 Å². The van der Waals surface area contributed by atoms with Crippen LogP contribution in [-0.4, -0.2) is 59.7 Å². The number of halogens is 1. The topological polar surface area (TPSA) is 69.1 Å². The number of carbonyl (C=O) groups is 1. The Morgan fingerprint density at radius 1 is 1.15 bits per heavy atom. The fourth-order valence-corrected chi connectivity index (χ4v) is 5.40. The zero-order valence-electron chi connectivity index (χ0n) is 18.5. The van der Waals surface area contributed by atoms with Gasteiger partial charge in [-0.05, 0) is 36.9 Å². The van der Waals surface area contributed by atoms with Crippen molar-refractivity contribution in [1.82, 2.24) is 10.2 Å². The standard InChI is InChI=1S/C25H26BrN5OS/c1-31-12-10-25(11-13-31)29-23(17-6-8-19(26)9-7-17)24(30-25)33-16-22(32)28-20-14-18-4-2-3-5-21(18)27-15-20/h2-9,14,27H,10-13,15-16H2,1H3,(H,28,32). The molecule has 170 valence electrons. The summed E-state index contributed by atoms with van der Waals surface area (Å²) >= 11 is 4.98. The Labute approximate surface area is 206 Å². The molecule has 2 N–H and O–H groups in total. The monoisotopic (exact) mass is 523 g/mol. The van der Waals surface area contributed by atoms with Crippen molar-refractivity contribution >= 4 is 56.1 Å².